The fourth-order valence-corrected chi connectivity index (χ4v) is 4.15. The lowest BCUT2D eigenvalue weighted by atomic mass is 9.90. The van der Waals surface area contributed by atoms with Gasteiger partial charge in [0.15, 0.2) is 23.7 Å². The zero-order valence-corrected chi connectivity index (χ0v) is 15.8. The molecule has 2 bridgehead atoms. The van der Waals surface area contributed by atoms with Crippen molar-refractivity contribution in [2.24, 2.45) is 7.05 Å². The first-order valence-electron chi connectivity index (χ1n) is 9.36. The molecule has 6 rings (SSSR count). The van der Waals surface area contributed by atoms with Gasteiger partial charge in [-0.2, -0.15) is 10.4 Å². The Balaban J connectivity index is 1.45. The quantitative estimate of drug-likeness (QED) is 0.655. The molecule has 3 aromatic heterocycles. The standard InChI is InChI=1S/C19H18N8O2/c1-25-7-13(6-23-25)17-21-5-12(4-20)18(24-17)26-8-15-3-2-14(26)9-27(15)19(28)16-10-29-11-22-16/h5-7,10-11,14-15H,2-3,8-9H2,1H3/t14-,15-/m0/s1. The van der Waals surface area contributed by atoms with Crippen LogP contribution in [0.25, 0.3) is 11.4 Å². The number of nitriles is 1. The van der Waals surface area contributed by atoms with Crippen molar-refractivity contribution in [2.45, 2.75) is 24.9 Å². The number of hydrogen-bond donors (Lipinski definition) is 0. The normalized spacial score (nSPS) is 20.7. The second-order valence-corrected chi connectivity index (χ2v) is 7.31. The van der Waals surface area contributed by atoms with Gasteiger partial charge in [0.05, 0.1) is 18.0 Å². The summed E-state index contributed by atoms with van der Waals surface area (Å²) in [4.78, 5) is 29.8. The number of nitrogens with zero attached hydrogens (tertiary/aromatic N) is 8. The van der Waals surface area contributed by atoms with E-state index in [1.807, 2.05) is 18.1 Å². The van der Waals surface area contributed by atoms with Crippen molar-refractivity contribution in [3.05, 3.63) is 42.5 Å². The molecule has 0 saturated carbocycles. The molecule has 0 N–H and O–H groups in total. The predicted molar refractivity (Wildman–Crippen MR) is 101 cm³/mol. The third-order valence-corrected chi connectivity index (χ3v) is 5.57. The van der Waals surface area contributed by atoms with E-state index in [0.29, 0.717) is 36.0 Å². The summed E-state index contributed by atoms with van der Waals surface area (Å²) in [5.74, 6) is 1.03. The van der Waals surface area contributed by atoms with Crippen molar-refractivity contribution in [2.75, 3.05) is 18.0 Å². The maximum Gasteiger partial charge on any atom is 0.276 e. The smallest absolute Gasteiger partial charge is 0.276 e. The van der Waals surface area contributed by atoms with Gasteiger partial charge in [0.1, 0.15) is 17.9 Å². The van der Waals surface area contributed by atoms with E-state index >= 15 is 0 Å². The molecule has 0 spiro atoms. The van der Waals surface area contributed by atoms with Gasteiger partial charge in [0.2, 0.25) is 0 Å². The monoisotopic (exact) mass is 390 g/mol. The van der Waals surface area contributed by atoms with Crippen molar-refractivity contribution in [1.82, 2.24) is 29.6 Å². The van der Waals surface area contributed by atoms with Crippen LogP contribution in [-0.4, -0.2) is 60.7 Å². The molecule has 10 nitrogen and oxygen atoms in total. The van der Waals surface area contributed by atoms with Gasteiger partial charge < -0.3 is 14.2 Å². The number of fused-ring (bicyclic) bond motifs is 3. The van der Waals surface area contributed by atoms with Crippen LogP contribution < -0.4 is 4.90 Å². The minimum atomic E-state index is -0.118. The number of anilines is 1. The van der Waals surface area contributed by atoms with Gasteiger partial charge in [-0.3, -0.25) is 9.48 Å². The van der Waals surface area contributed by atoms with Crippen molar-refractivity contribution in [3.8, 4) is 17.5 Å². The predicted octanol–water partition coefficient (Wildman–Crippen LogP) is 1.23. The molecule has 3 aliphatic heterocycles. The molecule has 3 aliphatic rings. The van der Waals surface area contributed by atoms with E-state index in [2.05, 4.69) is 26.0 Å². The molecular formula is C19H18N8O2. The van der Waals surface area contributed by atoms with Crippen LogP contribution in [0.2, 0.25) is 0 Å². The molecule has 3 fully saturated rings. The van der Waals surface area contributed by atoms with Crippen molar-refractivity contribution in [3.63, 3.8) is 0 Å². The lowest BCUT2D eigenvalue weighted by molar-refractivity contribution is 0.0498. The van der Waals surface area contributed by atoms with Gasteiger partial charge in [-0.05, 0) is 12.8 Å². The number of carbonyl (C=O) groups excluding carboxylic acids is 1. The number of amides is 1. The minimum absolute atomic E-state index is 0.0348. The Hall–Kier alpha value is -3.74. The highest BCUT2D eigenvalue weighted by atomic mass is 16.3. The van der Waals surface area contributed by atoms with Crippen LogP contribution in [0, 0.1) is 11.3 Å². The highest BCUT2D eigenvalue weighted by Crippen LogP contribution is 2.34. The van der Waals surface area contributed by atoms with Gasteiger partial charge in [0, 0.05) is 38.4 Å². The zero-order chi connectivity index (χ0) is 20.0. The molecule has 3 saturated heterocycles. The molecule has 2 atom stereocenters. The maximum atomic E-state index is 12.8. The number of piperidine rings is 2. The summed E-state index contributed by atoms with van der Waals surface area (Å²) in [6, 6.07) is 2.32. The summed E-state index contributed by atoms with van der Waals surface area (Å²) < 4.78 is 6.64. The second kappa shape index (κ2) is 6.70. The van der Waals surface area contributed by atoms with Crippen LogP contribution in [0.1, 0.15) is 28.9 Å². The Labute approximate surface area is 166 Å². The fraction of sp³-hybridized carbons (Fsp3) is 0.368. The zero-order valence-electron chi connectivity index (χ0n) is 15.8. The number of oxazole rings is 1. The molecule has 0 aliphatic carbocycles. The van der Waals surface area contributed by atoms with Gasteiger partial charge in [-0.15, -0.1) is 0 Å². The van der Waals surface area contributed by atoms with Crippen LogP contribution in [0.15, 0.2) is 35.7 Å². The lowest BCUT2D eigenvalue weighted by Crippen LogP contribution is -2.64. The number of hydrogen-bond acceptors (Lipinski definition) is 8. The molecular weight excluding hydrogens is 372 g/mol. The Morgan fingerprint density at radius 2 is 2.10 bits per heavy atom. The van der Waals surface area contributed by atoms with Crippen LogP contribution >= 0.6 is 0 Å². The fourth-order valence-electron chi connectivity index (χ4n) is 4.15. The van der Waals surface area contributed by atoms with Gasteiger partial charge in [-0.25, -0.2) is 15.0 Å². The highest BCUT2D eigenvalue weighted by Gasteiger charge is 2.43. The van der Waals surface area contributed by atoms with Crippen LogP contribution in [-0.2, 0) is 7.05 Å². The molecule has 3 aromatic rings. The van der Waals surface area contributed by atoms with Crippen LogP contribution in [0.3, 0.4) is 0 Å². The summed E-state index contributed by atoms with van der Waals surface area (Å²) in [6.07, 6.45) is 9.59. The molecule has 10 heteroatoms. The number of aryl methyl sites for hydroxylation is 1. The van der Waals surface area contributed by atoms with E-state index in [1.165, 1.54) is 12.7 Å². The lowest BCUT2D eigenvalue weighted by Gasteiger charge is -2.51. The summed E-state index contributed by atoms with van der Waals surface area (Å²) in [5, 5.41) is 13.8. The Kier molecular flexibility index (Phi) is 4.01. The Morgan fingerprint density at radius 1 is 1.24 bits per heavy atom. The third-order valence-electron chi connectivity index (χ3n) is 5.57. The summed E-state index contributed by atoms with van der Waals surface area (Å²) in [6.45, 7) is 1.18. The summed E-state index contributed by atoms with van der Waals surface area (Å²) in [7, 11) is 1.83. The van der Waals surface area contributed by atoms with Crippen LogP contribution in [0.4, 0.5) is 5.82 Å². The second-order valence-electron chi connectivity index (χ2n) is 7.31. The average molecular weight is 390 g/mol. The molecule has 6 heterocycles. The molecule has 0 radical (unpaired) electrons. The first-order chi connectivity index (χ1) is 14.1. The molecule has 146 valence electrons. The topological polar surface area (TPSA) is 117 Å². The van der Waals surface area contributed by atoms with Gasteiger partial charge in [-0.1, -0.05) is 0 Å². The van der Waals surface area contributed by atoms with Crippen LogP contribution in [0.5, 0.6) is 0 Å². The Morgan fingerprint density at radius 3 is 2.76 bits per heavy atom. The largest absolute Gasteiger partial charge is 0.451 e. The van der Waals surface area contributed by atoms with Crippen molar-refractivity contribution in [1.29, 1.82) is 5.26 Å². The number of piperazine rings is 1. The molecule has 29 heavy (non-hydrogen) atoms. The molecule has 0 unspecified atom stereocenters. The SMILES string of the molecule is Cn1cc(-c2ncc(C#N)c(N3C[C@@H]4CC[C@H]3CN4C(=O)c3cocn3)n2)cn1. The van der Waals surface area contributed by atoms with E-state index in [1.54, 1.807) is 17.1 Å². The number of carbonyl (C=O) groups is 1. The number of aromatic nitrogens is 5. The number of rotatable bonds is 3. The third kappa shape index (κ3) is 2.91. The summed E-state index contributed by atoms with van der Waals surface area (Å²) in [5.41, 5.74) is 1.55. The van der Waals surface area contributed by atoms with Gasteiger partial charge >= 0.3 is 0 Å². The van der Waals surface area contributed by atoms with E-state index in [9.17, 15) is 10.1 Å². The first kappa shape index (κ1) is 17.4. The summed E-state index contributed by atoms with van der Waals surface area (Å²) >= 11 is 0. The van der Waals surface area contributed by atoms with Crippen molar-refractivity contribution >= 4 is 11.7 Å². The maximum absolute atomic E-state index is 12.8. The van der Waals surface area contributed by atoms with E-state index in [0.717, 1.165) is 18.4 Å². The molecule has 0 aromatic carbocycles. The molecule has 1 amide bonds. The van der Waals surface area contributed by atoms with E-state index in [4.69, 9.17) is 9.40 Å². The Bertz CT molecular complexity index is 1100. The highest BCUT2D eigenvalue weighted by molar-refractivity contribution is 5.92. The average Bonchev–Trinajstić information content (AvgIpc) is 3.45. The van der Waals surface area contributed by atoms with E-state index in [-0.39, 0.29) is 18.0 Å². The van der Waals surface area contributed by atoms with Gasteiger partial charge in [0.25, 0.3) is 5.91 Å². The minimum Gasteiger partial charge on any atom is -0.451 e. The van der Waals surface area contributed by atoms with E-state index < -0.39 is 0 Å². The van der Waals surface area contributed by atoms with Crippen molar-refractivity contribution < 1.29 is 9.21 Å². The first-order valence-corrected chi connectivity index (χ1v) is 9.36.